The van der Waals surface area contributed by atoms with Crippen LogP contribution in [0.25, 0.3) is 0 Å². The van der Waals surface area contributed by atoms with E-state index in [4.69, 9.17) is 4.74 Å². The average Bonchev–Trinajstić information content (AvgIpc) is 3.42. The number of carbonyl (C=O) groups excluding carboxylic acids is 2. The van der Waals surface area contributed by atoms with Crippen molar-refractivity contribution in [2.45, 2.75) is 39.3 Å². The largest absolute Gasteiger partial charge is 0.492 e. The Balaban J connectivity index is 1.31. The number of hydrogen-bond donors (Lipinski definition) is 1. The first kappa shape index (κ1) is 22.3. The second kappa shape index (κ2) is 10.2. The molecule has 2 amide bonds. The summed E-state index contributed by atoms with van der Waals surface area (Å²) >= 11 is 0. The van der Waals surface area contributed by atoms with Gasteiger partial charge in [0.1, 0.15) is 5.75 Å². The minimum atomic E-state index is -0.332. The molecule has 0 saturated carbocycles. The van der Waals surface area contributed by atoms with E-state index in [2.05, 4.69) is 41.4 Å². The van der Waals surface area contributed by atoms with E-state index in [1.54, 1.807) is 4.90 Å². The predicted octanol–water partition coefficient (Wildman–Crippen LogP) is 3.47. The zero-order valence-electron chi connectivity index (χ0n) is 19.0. The highest BCUT2D eigenvalue weighted by Gasteiger charge is 2.37. The van der Waals surface area contributed by atoms with Gasteiger partial charge in [0, 0.05) is 32.1 Å². The van der Waals surface area contributed by atoms with Crippen molar-refractivity contribution in [3.8, 4) is 5.75 Å². The predicted molar refractivity (Wildman–Crippen MR) is 126 cm³/mol. The van der Waals surface area contributed by atoms with Crippen molar-refractivity contribution in [1.82, 2.24) is 10.2 Å². The zero-order chi connectivity index (χ0) is 22.5. The molecule has 3 unspecified atom stereocenters. The minimum Gasteiger partial charge on any atom is -0.492 e. The van der Waals surface area contributed by atoms with E-state index in [0.717, 1.165) is 31.7 Å². The summed E-state index contributed by atoms with van der Waals surface area (Å²) in [6.45, 7) is 7.91. The van der Waals surface area contributed by atoms with Crippen LogP contribution in [0, 0.1) is 11.8 Å². The molecule has 6 heteroatoms. The van der Waals surface area contributed by atoms with Gasteiger partial charge in [0.2, 0.25) is 11.8 Å². The fourth-order valence-corrected chi connectivity index (χ4v) is 4.79. The summed E-state index contributed by atoms with van der Waals surface area (Å²) in [6.07, 6.45) is 1.32. The minimum absolute atomic E-state index is 0.0243. The molecule has 0 bridgehead atoms. The maximum absolute atomic E-state index is 13.0. The van der Waals surface area contributed by atoms with Gasteiger partial charge in [0.25, 0.3) is 0 Å². The summed E-state index contributed by atoms with van der Waals surface area (Å²) in [5, 5.41) is 3.20. The van der Waals surface area contributed by atoms with Crippen LogP contribution in [0.5, 0.6) is 5.75 Å². The topological polar surface area (TPSA) is 61.9 Å². The van der Waals surface area contributed by atoms with Gasteiger partial charge >= 0.3 is 0 Å². The lowest BCUT2D eigenvalue weighted by Gasteiger charge is -2.24. The number of nitrogens with one attached hydrogen (secondary N) is 1. The maximum Gasteiger partial charge on any atom is 0.227 e. The molecule has 1 N–H and O–H groups in total. The third kappa shape index (κ3) is 5.13. The number of ether oxygens (including phenoxy) is 1. The van der Waals surface area contributed by atoms with Crippen molar-refractivity contribution < 1.29 is 14.3 Å². The molecule has 0 spiro atoms. The Labute approximate surface area is 190 Å². The molecule has 0 radical (unpaired) electrons. The van der Waals surface area contributed by atoms with Gasteiger partial charge in [-0.25, -0.2) is 0 Å². The number of benzene rings is 2. The summed E-state index contributed by atoms with van der Waals surface area (Å²) in [5.74, 6) is 0.724. The Kier molecular flexibility index (Phi) is 7.10. The highest BCUT2D eigenvalue weighted by molar-refractivity contribution is 6.01. The lowest BCUT2D eigenvalue weighted by Crippen LogP contribution is -2.42. The molecule has 2 aliphatic rings. The van der Waals surface area contributed by atoms with Gasteiger partial charge < -0.3 is 15.0 Å². The molecule has 2 fully saturated rings. The summed E-state index contributed by atoms with van der Waals surface area (Å²) in [6, 6.07) is 18.1. The fraction of sp³-hybridized carbons (Fsp3) is 0.462. The van der Waals surface area contributed by atoms with E-state index in [0.29, 0.717) is 24.8 Å². The maximum atomic E-state index is 13.0. The number of anilines is 1. The molecule has 0 aliphatic carbocycles. The Morgan fingerprint density at radius 1 is 1.12 bits per heavy atom. The average molecular weight is 436 g/mol. The van der Waals surface area contributed by atoms with Crippen molar-refractivity contribution in [1.29, 1.82) is 0 Å². The standard InChI is InChI=1S/C26H33N3O3/c1-3-32-24-12-8-7-11-23(24)29-18-22(15-25(29)30)26(31)27-19(2)21-13-14-28(17-21)16-20-9-5-4-6-10-20/h4-12,19,21-22H,3,13-18H2,1-2H3,(H,27,31). The van der Waals surface area contributed by atoms with E-state index in [1.165, 1.54) is 5.56 Å². The van der Waals surface area contributed by atoms with Crippen LogP contribution in [0.2, 0.25) is 0 Å². The molecule has 170 valence electrons. The van der Waals surface area contributed by atoms with Crippen LogP contribution in [0.4, 0.5) is 5.69 Å². The van der Waals surface area contributed by atoms with E-state index in [1.807, 2.05) is 37.3 Å². The highest BCUT2D eigenvalue weighted by Crippen LogP contribution is 2.33. The van der Waals surface area contributed by atoms with Crippen molar-refractivity contribution >= 4 is 17.5 Å². The van der Waals surface area contributed by atoms with Gasteiger partial charge in [-0.05, 0) is 50.4 Å². The normalized spacial score (nSPS) is 22.2. The molecule has 0 aromatic heterocycles. The number of hydrogen-bond acceptors (Lipinski definition) is 4. The molecular formula is C26H33N3O3. The van der Waals surface area contributed by atoms with Gasteiger partial charge in [0.15, 0.2) is 0 Å². The van der Waals surface area contributed by atoms with Gasteiger partial charge in [0.05, 0.1) is 18.2 Å². The van der Waals surface area contributed by atoms with E-state index in [9.17, 15) is 9.59 Å². The van der Waals surface area contributed by atoms with Gasteiger partial charge in [-0.15, -0.1) is 0 Å². The highest BCUT2D eigenvalue weighted by atomic mass is 16.5. The summed E-state index contributed by atoms with van der Waals surface area (Å²) < 4.78 is 5.68. The Morgan fingerprint density at radius 2 is 1.88 bits per heavy atom. The van der Waals surface area contributed by atoms with Crippen molar-refractivity contribution in [3.63, 3.8) is 0 Å². The lowest BCUT2D eigenvalue weighted by molar-refractivity contribution is -0.127. The first-order valence-electron chi connectivity index (χ1n) is 11.6. The first-order valence-corrected chi connectivity index (χ1v) is 11.6. The molecular weight excluding hydrogens is 402 g/mol. The molecule has 32 heavy (non-hydrogen) atoms. The van der Waals surface area contributed by atoms with Crippen LogP contribution in [-0.2, 0) is 16.1 Å². The Hall–Kier alpha value is -2.86. The van der Waals surface area contributed by atoms with Crippen molar-refractivity contribution in [3.05, 3.63) is 60.2 Å². The van der Waals surface area contributed by atoms with E-state index in [-0.39, 0.29) is 30.2 Å². The Bertz CT molecular complexity index is 933. The number of rotatable bonds is 8. The number of likely N-dealkylation sites (tertiary alicyclic amines) is 1. The molecule has 2 aliphatic heterocycles. The summed E-state index contributed by atoms with van der Waals surface area (Å²) in [4.78, 5) is 29.8. The van der Waals surface area contributed by atoms with Crippen LogP contribution >= 0.6 is 0 Å². The molecule has 2 aromatic rings. The van der Waals surface area contributed by atoms with Crippen LogP contribution in [0.3, 0.4) is 0 Å². The van der Waals surface area contributed by atoms with Crippen molar-refractivity contribution in [2.24, 2.45) is 11.8 Å². The molecule has 2 aromatic carbocycles. The van der Waals surface area contributed by atoms with Gasteiger partial charge in [-0.1, -0.05) is 42.5 Å². The van der Waals surface area contributed by atoms with Crippen molar-refractivity contribution in [2.75, 3.05) is 31.1 Å². The first-order chi connectivity index (χ1) is 15.5. The molecule has 2 heterocycles. The Morgan fingerprint density at radius 3 is 2.66 bits per heavy atom. The number of nitrogens with zero attached hydrogens (tertiary/aromatic N) is 2. The monoisotopic (exact) mass is 435 g/mol. The smallest absolute Gasteiger partial charge is 0.227 e. The van der Waals surface area contributed by atoms with Crippen LogP contribution in [-0.4, -0.2) is 49.0 Å². The van der Waals surface area contributed by atoms with E-state index >= 15 is 0 Å². The molecule has 2 saturated heterocycles. The quantitative estimate of drug-likeness (QED) is 0.690. The molecule has 3 atom stereocenters. The summed E-state index contributed by atoms with van der Waals surface area (Å²) in [7, 11) is 0. The second-order valence-electron chi connectivity index (χ2n) is 8.87. The lowest BCUT2D eigenvalue weighted by atomic mass is 9.99. The third-order valence-electron chi connectivity index (χ3n) is 6.59. The number of carbonyl (C=O) groups is 2. The summed E-state index contributed by atoms with van der Waals surface area (Å²) in [5.41, 5.74) is 2.07. The van der Waals surface area contributed by atoms with Crippen LogP contribution in [0.15, 0.2) is 54.6 Å². The fourth-order valence-electron chi connectivity index (χ4n) is 4.79. The molecule has 4 rings (SSSR count). The second-order valence-corrected chi connectivity index (χ2v) is 8.87. The SMILES string of the molecule is CCOc1ccccc1N1CC(C(=O)NC(C)C2CCN(Cc3ccccc3)C2)CC1=O. The van der Waals surface area contributed by atoms with Gasteiger partial charge in [-0.3, -0.25) is 14.5 Å². The number of amides is 2. The van der Waals surface area contributed by atoms with E-state index < -0.39 is 0 Å². The molecule has 6 nitrogen and oxygen atoms in total. The zero-order valence-corrected chi connectivity index (χ0v) is 19.0. The number of para-hydroxylation sites is 2. The van der Waals surface area contributed by atoms with Gasteiger partial charge in [-0.2, -0.15) is 0 Å². The van der Waals surface area contributed by atoms with Crippen LogP contribution < -0.4 is 15.0 Å². The van der Waals surface area contributed by atoms with Crippen LogP contribution in [0.1, 0.15) is 32.3 Å². The third-order valence-corrected chi connectivity index (χ3v) is 6.59.